The van der Waals surface area contributed by atoms with Gasteiger partial charge in [0, 0.05) is 24.2 Å². The van der Waals surface area contributed by atoms with E-state index in [2.05, 4.69) is 10.6 Å². The van der Waals surface area contributed by atoms with Gasteiger partial charge in [-0.15, -0.1) is 0 Å². The van der Waals surface area contributed by atoms with Crippen LogP contribution in [0.25, 0.3) is 0 Å². The van der Waals surface area contributed by atoms with Gasteiger partial charge >= 0.3 is 0 Å². The summed E-state index contributed by atoms with van der Waals surface area (Å²) in [5.41, 5.74) is 0.612. The monoisotopic (exact) mass is 421 g/mol. The molecule has 1 aliphatic heterocycles. The smallest absolute Gasteiger partial charge is 0.247 e. The van der Waals surface area contributed by atoms with E-state index in [1.165, 1.54) is 0 Å². The molecule has 2 rings (SSSR count). The second-order valence-corrected chi connectivity index (χ2v) is 8.20. The molecule has 6 nitrogen and oxygen atoms in total. The van der Waals surface area contributed by atoms with Crippen LogP contribution in [0.2, 0.25) is 5.02 Å². The quantitative estimate of drug-likeness (QED) is 0.563. The van der Waals surface area contributed by atoms with E-state index in [-0.39, 0.29) is 23.6 Å². The van der Waals surface area contributed by atoms with Crippen molar-refractivity contribution in [2.45, 2.75) is 70.4 Å². The van der Waals surface area contributed by atoms with E-state index in [0.717, 1.165) is 45.1 Å². The van der Waals surface area contributed by atoms with Crippen molar-refractivity contribution in [1.29, 1.82) is 0 Å². The molecule has 2 amide bonds. The van der Waals surface area contributed by atoms with Gasteiger partial charge in [0.1, 0.15) is 11.8 Å². The highest BCUT2D eigenvalue weighted by Gasteiger charge is 2.31. The molecule has 2 atom stereocenters. The summed E-state index contributed by atoms with van der Waals surface area (Å²) in [7, 11) is 1.70. The van der Waals surface area contributed by atoms with Gasteiger partial charge in [-0.3, -0.25) is 9.59 Å². The van der Waals surface area contributed by atoms with Gasteiger partial charge in [0.15, 0.2) is 0 Å². The highest BCUT2D eigenvalue weighted by Crippen LogP contribution is 2.19. The van der Waals surface area contributed by atoms with E-state index >= 15 is 0 Å². The summed E-state index contributed by atoms with van der Waals surface area (Å²) in [6.45, 7) is 2.42. The molecule has 7 heteroatoms. The fourth-order valence-electron chi connectivity index (χ4n) is 3.64. The molecule has 0 bridgehead atoms. The third-order valence-corrected chi connectivity index (χ3v) is 5.56. The van der Waals surface area contributed by atoms with Crippen molar-refractivity contribution in [3.63, 3.8) is 0 Å². The van der Waals surface area contributed by atoms with Crippen LogP contribution in [0.5, 0.6) is 0 Å². The Kier molecular flexibility index (Phi) is 9.61. The number of benzene rings is 1. The summed E-state index contributed by atoms with van der Waals surface area (Å²) in [6, 6.07) is 6.19. The Labute approximate surface area is 178 Å². The van der Waals surface area contributed by atoms with Crippen molar-refractivity contribution in [1.82, 2.24) is 10.2 Å². The first-order valence-corrected chi connectivity index (χ1v) is 10.8. The fraction of sp³-hybridized carbons (Fsp3) is 0.591. The molecular formula is C22H32ClN3O3. The molecule has 0 radical (unpaired) electrons. The Morgan fingerprint density at radius 1 is 1.24 bits per heavy atom. The Bertz CT molecular complexity index is 704. The molecule has 1 saturated heterocycles. The van der Waals surface area contributed by atoms with Crippen molar-refractivity contribution < 1.29 is 14.4 Å². The van der Waals surface area contributed by atoms with Crippen molar-refractivity contribution in [3.8, 4) is 0 Å². The lowest BCUT2D eigenvalue weighted by atomic mass is 10.0. The predicted molar refractivity (Wildman–Crippen MR) is 116 cm³/mol. The Morgan fingerprint density at radius 2 is 2.03 bits per heavy atom. The largest absolute Gasteiger partial charge is 0.332 e. The van der Waals surface area contributed by atoms with Crippen LogP contribution >= 0.6 is 11.6 Å². The van der Waals surface area contributed by atoms with E-state index in [1.54, 1.807) is 43.1 Å². The summed E-state index contributed by atoms with van der Waals surface area (Å²) in [6.07, 6.45) is 6.43. The van der Waals surface area contributed by atoms with Crippen molar-refractivity contribution >= 4 is 34.9 Å². The van der Waals surface area contributed by atoms with E-state index in [9.17, 15) is 14.4 Å². The third-order valence-electron chi connectivity index (χ3n) is 5.32. The molecule has 0 aliphatic carbocycles. The van der Waals surface area contributed by atoms with Gasteiger partial charge in [0.05, 0.1) is 6.04 Å². The molecule has 0 saturated carbocycles. The Balaban J connectivity index is 2.03. The number of unbranched alkanes of at least 4 members (excludes halogenated alkanes) is 2. The summed E-state index contributed by atoms with van der Waals surface area (Å²) in [5.74, 6) is -0.0823. The molecule has 1 unspecified atom stereocenters. The number of carbonyl (C=O) groups excluding carboxylic acids is 3. The molecule has 1 aromatic rings. The number of nitrogens with one attached hydrogen (secondary N) is 2. The fourth-order valence-corrected chi connectivity index (χ4v) is 3.83. The Morgan fingerprint density at radius 3 is 2.69 bits per heavy atom. The van der Waals surface area contributed by atoms with Gasteiger partial charge in [-0.05, 0) is 57.4 Å². The van der Waals surface area contributed by atoms with Gasteiger partial charge in [-0.1, -0.05) is 36.9 Å². The molecule has 1 aliphatic rings. The lowest BCUT2D eigenvalue weighted by Crippen LogP contribution is -2.53. The zero-order valence-corrected chi connectivity index (χ0v) is 18.1. The maximum Gasteiger partial charge on any atom is 0.247 e. The van der Waals surface area contributed by atoms with Crippen LogP contribution in [-0.4, -0.2) is 48.2 Å². The van der Waals surface area contributed by atoms with Gasteiger partial charge in [-0.2, -0.15) is 0 Å². The molecule has 1 aromatic carbocycles. The normalized spacial score (nSPS) is 17.4. The number of hydrogen-bond acceptors (Lipinski definition) is 4. The number of amides is 2. The third kappa shape index (κ3) is 7.78. The number of anilines is 1. The number of likely N-dealkylation sites (N-methyl/N-ethyl adjacent to an activating group) is 1. The molecule has 160 valence electrons. The van der Waals surface area contributed by atoms with E-state index in [1.807, 2.05) is 0 Å². The average Bonchev–Trinajstić information content (AvgIpc) is 2.70. The number of piperidine rings is 1. The number of halogens is 1. The summed E-state index contributed by atoms with van der Waals surface area (Å²) < 4.78 is 0. The van der Waals surface area contributed by atoms with Crippen LogP contribution in [0, 0.1) is 0 Å². The van der Waals surface area contributed by atoms with Crippen molar-refractivity contribution in [3.05, 3.63) is 29.3 Å². The maximum absolute atomic E-state index is 13.0. The average molecular weight is 422 g/mol. The molecular weight excluding hydrogens is 390 g/mol. The van der Waals surface area contributed by atoms with Gasteiger partial charge < -0.3 is 20.3 Å². The molecule has 1 heterocycles. The highest BCUT2D eigenvalue weighted by molar-refractivity contribution is 6.30. The SMILES string of the molecule is CC(=O)CCCCC[C@@H](C(=O)Nc1cccc(Cl)c1)N(C)C(=O)C1CCCCN1. The first kappa shape index (κ1) is 23.4. The van der Waals surface area contributed by atoms with Gasteiger partial charge in [0.2, 0.25) is 11.8 Å². The molecule has 0 aromatic heterocycles. The van der Waals surface area contributed by atoms with E-state index in [0.29, 0.717) is 23.6 Å². The highest BCUT2D eigenvalue weighted by atomic mass is 35.5. The first-order chi connectivity index (χ1) is 13.9. The molecule has 2 N–H and O–H groups in total. The van der Waals surface area contributed by atoms with Gasteiger partial charge in [-0.25, -0.2) is 0 Å². The standard InChI is InChI=1S/C22H32ClN3O3/c1-16(27)9-4-3-5-13-20(21(28)25-18-11-8-10-17(23)15-18)26(2)22(29)19-12-6-7-14-24-19/h8,10-11,15,19-20,24H,3-7,9,12-14H2,1-2H3,(H,25,28)/t19?,20-/m0/s1. The number of ketones is 1. The topological polar surface area (TPSA) is 78.5 Å². The maximum atomic E-state index is 13.0. The lowest BCUT2D eigenvalue weighted by Gasteiger charge is -2.32. The molecule has 0 spiro atoms. The van der Waals surface area contributed by atoms with Crippen LogP contribution in [0.3, 0.4) is 0 Å². The number of rotatable bonds is 10. The first-order valence-electron chi connectivity index (χ1n) is 10.4. The zero-order chi connectivity index (χ0) is 21.2. The number of Topliss-reactive ketones (excluding diaryl/α,β-unsaturated/α-hetero) is 1. The minimum Gasteiger partial charge on any atom is -0.332 e. The second-order valence-electron chi connectivity index (χ2n) is 7.77. The van der Waals surface area contributed by atoms with Crippen LogP contribution in [0.4, 0.5) is 5.69 Å². The zero-order valence-electron chi connectivity index (χ0n) is 17.4. The predicted octanol–water partition coefficient (Wildman–Crippen LogP) is 3.79. The lowest BCUT2D eigenvalue weighted by molar-refractivity contribution is -0.139. The van der Waals surface area contributed by atoms with Crippen LogP contribution in [0.15, 0.2) is 24.3 Å². The number of hydrogen-bond donors (Lipinski definition) is 2. The Hall–Kier alpha value is -1.92. The minimum atomic E-state index is -0.567. The number of carbonyl (C=O) groups is 3. The summed E-state index contributed by atoms with van der Waals surface area (Å²) in [5, 5.41) is 6.69. The van der Waals surface area contributed by atoms with E-state index < -0.39 is 6.04 Å². The van der Waals surface area contributed by atoms with Crippen molar-refractivity contribution in [2.75, 3.05) is 18.9 Å². The van der Waals surface area contributed by atoms with E-state index in [4.69, 9.17) is 11.6 Å². The van der Waals surface area contributed by atoms with Crippen LogP contribution in [-0.2, 0) is 14.4 Å². The van der Waals surface area contributed by atoms with Gasteiger partial charge in [0.25, 0.3) is 0 Å². The van der Waals surface area contributed by atoms with Crippen molar-refractivity contribution in [2.24, 2.45) is 0 Å². The second kappa shape index (κ2) is 11.9. The van der Waals surface area contributed by atoms with Crippen LogP contribution < -0.4 is 10.6 Å². The molecule has 1 fully saturated rings. The van der Waals surface area contributed by atoms with Crippen LogP contribution in [0.1, 0.15) is 58.3 Å². The minimum absolute atomic E-state index is 0.0420. The molecule has 29 heavy (non-hydrogen) atoms. The summed E-state index contributed by atoms with van der Waals surface area (Å²) in [4.78, 5) is 38.6. The summed E-state index contributed by atoms with van der Waals surface area (Å²) >= 11 is 6.01. The number of nitrogens with zero attached hydrogens (tertiary/aromatic N) is 1.